The highest BCUT2D eigenvalue weighted by Gasteiger charge is 2.62. The molecule has 0 aromatic carbocycles. The Balaban J connectivity index is 4.46. The maximum Gasteiger partial charge on any atom is 0.0696 e. The van der Waals surface area contributed by atoms with E-state index in [0.717, 1.165) is 33.2 Å². The van der Waals surface area contributed by atoms with Crippen LogP contribution in [0.4, 0.5) is 0 Å². The second-order valence-corrected chi connectivity index (χ2v) is 36.4. The fourth-order valence-electron chi connectivity index (χ4n) is 8.48. The fourth-order valence-corrected chi connectivity index (χ4v) is 62.1. The van der Waals surface area contributed by atoms with Crippen LogP contribution < -0.4 is 0 Å². The molecule has 0 radical (unpaired) electrons. The van der Waals surface area contributed by atoms with Gasteiger partial charge in [-0.3, -0.25) is 0 Å². The zero-order chi connectivity index (χ0) is 25.8. The lowest BCUT2D eigenvalue weighted by Crippen LogP contribution is -2.71. The molecule has 3 heteroatoms. The van der Waals surface area contributed by atoms with Crippen LogP contribution in [0.5, 0.6) is 0 Å². The lowest BCUT2D eigenvalue weighted by Gasteiger charge is -2.56. The molecule has 0 bridgehead atoms. The Morgan fingerprint density at radius 3 is 0.750 bits per heavy atom. The second kappa shape index (κ2) is 9.72. The summed E-state index contributed by atoms with van der Waals surface area (Å²) in [5, 5.41) is 2.00. The van der Waals surface area contributed by atoms with Crippen LogP contribution in [0.3, 0.4) is 0 Å². The Morgan fingerprint density at radius 1 is 0.438 bits per heavy atom. The predicted octanol–water partition coefficient (Wildman–Crippen LogP) is 10.2. The average Bonchev–Trinajstić information content (AvgIpc) is 3.27. The van der Waals surface area contributed by atoms with Crippen molar-refractivity contribution >= 4 is 27.8 Å². The summed E-state index contributed by atoms with van der Waals surface area (Å²) >= 11 is 0. The van der Waals surface area contributed by atoms with Crippen molar-refractivity contribution in [3.05, 3.63) is 11.1 Å². The standard InChI is InChI=1S/C29H60Si3/c1-19(2)31(20(3)4,21(5)6)30(32(22(7)8,23(9)10)24(11)12)27-25(28(13,14)15)26(27)29(16,17)18/h19-24H,1-18H3. The molecule has 0 aromatic rings. The molecule has 0 saturated carbocycles. The molecular formula is C29H60Si3. The van der Waals surface area contributed by atoms with Crippen molar-refractivity contribution in [2.24, 2.45) is 10.8 Å². The molecule has 1 rings (SSSR count). The summed E-state index contributed by atoms with van der Waals surface area (Å²) < 4.78 is 0. The first kappa shape index (κ1) is 30.3. The van der Waals surface area contributed by atoms with E-state index in [9.17, 15) is 0 Å². The molecule has 0 spiro atoms. The summed E-state index contributed by atoms with van der Waals surface area (Å²) in [6.45, 7) is 46.5. The van der Waals surface area contributed by atoms with Crippen LogP contribution in [0.2, 0.25) is 33.2 Å². The van der Waals surface area contributed by atoms with Crippen molar-refractivity contribution in [1.29, 1.82) is 0 Å². The molecule has 0 amide bonds. The first-order valence-corrected chi connectivity index (χ1v) is 21.6. The van der Waals surface area contributed by atoms with Crippen LogP contribution in [0.1, 0.15) is 125 Å². The molecule has 0 atom stereocenters. The van der Waals surface area contributed by atoms with Gasteiger partial charge in [0.05, 0.1) is 15.2 Å². The SMILES string of the molecule is CC(C)[Si](C(C)C)(C(C)C)[Si](=C1C(C(C)(C)C)=C1C(C)(C)C)[Si](C(C)C)(C(C)C)C(C)C. The molecule has 0 aliphatic heterocycles. The lowest BCUT2D eigenvalue weighted by atomic mass is 9.89. The number of rotatable bonds is 8. The van der Waals surface area contributed by atoms with Crippen molar-refractivity contribution in [3.8, 4) is 0 Å². The zero-order valence-electron chi connectivity index (χ0n) is 25.5. The third-order valence-corrected chi connectivity index (χ3v) is 48.1. The van der Waals surface area contributed by atoms with Gasteiger partial charge >= 0.3 is 0 Å². The van der Waals surface area contributed by atoms with Gasteiger partial charge in [0.2, 0.25) is 0 Å². The maximum atomic E-state index is 2.63. The molecule has 0 unspecified atom stereocenters. The summed E-state index contributed by atoms with van der Waals surface area (Å²) in [5.74, 6) is 0. The van der Waals surface area contributed by atoms with Crippen molar-refractivity contribution < 1.29 is 0 Å². The highest BCUT2D eigenvalue weighted by molar-refractivity contribution is 7.64. The Bertz CT molecular complexity index is 628. The number of hydrogen-bond acceptors (Lipinski definition) is 0. The van der Waals surface area contributed by atoms with Gasteiger partial charge in [0.1, 0.15) is 0 Å². The van der Waals surface area contributed by atoms with Gasteiger partial charge < -0.3 is 0 Å². The summed E-state index contributed by atoms with van der Waals surface area (Å²) in [7, 11) is -3.96. The Kier molecular flexibility index (Phi) is 9.20. The van der Waals surface area contributed by atoms with Gasteiger partial charge in [-0.1, -0.05) is 158 Å². The highest BCUT2D eigenvalue weighted by Crippen LogP contribution is 2.57. The molecule has 0 heterocycles. The number of hydrogen-bond donors (Lipinski definition) is 0. The van der Waals surface area contributed by atoms with Gasteiger partial charge in [0.15, 0.2) is 0 Å². The van der Waals surface area contributed by atoms with Crippen molar-refractivity contribution in [2.45, 2.75) is 158 Å². The van der Waals surface area contributed by atoms with Crippen molar-refractivity contribution in [3.63, 3.8) is 0 Å². The minimum absolute atomic E-state index is 0.268. The third kappa shape index (κ3) is 4.70. The molecule has 188 valence electrons. The fraction of sp³-hybridized carbons (Fsp3) is 0.897. The number of allylic oxidation sites excluding steroid dienone is 2. The quantitative estimate of drug-likeness (QED) is 0.295. The summed E-state index contributed by atoms with van der Waals surface area (Å²) in [4.78, 5) is 0. The van der Waals surface area contributed by atoms with Gasteiger partial charge in [-0.05, 0) is 27.1 Å². The molecule has 0 N–H and O–H groups in total. The summed E-state index contributed by atoms with van der Waals surface area (Å²) in [5.41, 5.74) is 9.22. The van der Waals surface area contributed by atoms with Crippen LogP contribution in [0, 0.1) is 10.8 Å². The Morgan fingerprint density at radius 2 is 0.625 bits per heavy atom. The molecule has 0 nitrogen and oxygen atoms in total. The smallest absolute Gasteiger partial charge is 0.0651 e. The van der Waals surface area contributed by atoms with Gasteiger partial charge in [0, 0.05) is 7.44 Å². The van der Waals surface area contributed by atoms with E-state index in [4.69, 9.17) is 0 Å². The molecule has 0 fully saturated rings. The minimum atomic E-state index is -1.64. The average molecular weight is 493 g/mol. The van der Waals surface area contributed by atoms with E-state index in [0.29, 0.717) is 0 Å². The van der Waals surface area contributed by atoms with E-state index in [-0.39, 0.29) is 10.8 Å². The van der Waals surface area contributed by atoms with Crippen molar-refractivity contribution in [1.82, 2.24) is 0 Å². The molecule has 32 heavy (non-hydrogen) atoms. The first-order valence-electron chi connectivity index (χ1n) is 13.7. The monoisotopic (exact) mass is 492 g/mol. The Labute approximate surface area is 207 Å². The Hall–Kier alpha value is 0.261. The van der Waals surface area contributed by atoms with Crippen LogP contribution in [0.15, 0.2) is 11.1 Å². The van der Waals surface area contributed by atoms with E-state index in [1.165, 1.54) is 0 Å². The first-order chi connectivity index (χ1) is 14.1. The summed E-state index contributed by atoms with van der Waals surface area (Å²) in [6.07, 6.45) is 0. The van der Waals surface area contributed by atoms with E-state index in [1.54, 1.807) is 0 Å². The lowest BCUT2D eigenvalue weighted by molar-refractivity contribution is 0.502. The van der Waals surface area contributed by atoms with Crippen LogP contribution in [-0.4, -0.2) is 27.8 Å². The van der Waals surface area contributed by atoms with Gasteiger partial charge in [-0.2, -0.15) is 0 Å². The van der Waals surface area contributed by atoms with Gasteiger partial charge in [0.25, 0.3) is 0 Å². The molecule has 0 aromatic heterocycles. The van der Waals surface area contributed by atoms with E-state index in [2.05, 4.69) is 125 Å². The largest absolute Gasteiger partial charge is 0.0696 e. The molecular weight excluding hydrogens is 433 g/mol. The van der Waals surface area contributed by atoms with Crippen LogP contribution in [0.25, 0.3) is 0 Å². The van der Waals surface area contributed by atoms with E-state index >= 15 is 0 Å². The van der Waals surface area contributed by atoms with E-state index in [1.807, 2.05) is 16.3 Å². The topological polar surface area (TPSA) is 0 Å². The minimum Gasteiger partial charge on any atom is -0.0651 e. The van der Waals surface area contributed by atoms with Crippen LogP contribution >= 0.6 is 0 Å². The molecule has 1 aliphatic rings. The normalized spacial score (nSPS) is 16.7. The van der Waals surface area contributed by atoms with Gasteiger partial charge in [-0.15, -0.1) is 0 Å². The summed E-state index contributed by atoms with van der Waals surface area (Å²) in [6, 6.07) is 0. The van der Waals surface area contributed by atoms with E-state index < -0.39 is 22.6 Å². The molecule has 0 saturated heterocycles. The van der Waals surface area contributed by atoms with Crippen LogP contribution in [-0.2, 0) is 0 Å². The molecule has 1 aliphatic carbocycles. The maximum absolute atomic E-state index is 2.63. The third-order valence-electron chi connectivity index (χ3n) is 9.04. The highest BCUT2D eigenvalue weighted by atomic mass is 29.6. The van der Waals surface area contributed by atoms with Crippen molar-refractivity contribution in [2.75, 3.05) is 0 Å². The zero-order valence-corrected chi connectivity index (χ0v) is 28.5. The van der Waals surface area contributed by atoms with Gasteiger partial charge in [-0.25, -0.2) is 0 Å². The second-order valence-electron chi connectivity index (χ2n) is 14.8. The predicted molar refractivity (Wildman–Crippen MR) is 159 cm³/mol.